The fourth-order valence-electron chi connectivity index (χ4n) is 3.76. The van der Waals surface area contributed by atoms with Crippen molar-refractivity contribution < 1.29 is 28.6 Å². The van der Waals surface area contributed by atoms with Crippen LogP contribution in [0.4, 0.5) is 10.2 Å². The lowest BCUT2D eigenvalue weighted by atomic mass is 9.98. The molecule has 0 bridgehead atoms. The number of hydrogen-bond donors (Lipinski definition) is 4. The van der Waals surface area contributed by atoms with Crippen molar-refractivity contribution in [2.45, 2.75) is 32.2 Å². The molecular formula is C28H31FN4O5. The van der Waals surface area contributed by atoms with Gasteiger partial charge in [-0.25, -0.2) is 9.37 Å². The first-order chi connectivity index (χ1) is 18.2. The van der Waals surface area contributed by atoms with Gasteiger partial charge < -0.3 is 25.8 Å². The van der Waals surface area contributed by atoms with Gasteiger partial charge in [0.1, 0.15) is 17.4 Å². The predicted molar refractivity (Wildman–Crippen MR) is 141 cm³/mol. The number of phenols is 1. The number of rotatable bonds is 12. The summed E-state index contributed by atoms with van der Waals surface area (Å²) in [7, 11) is 1.26. The molecule has 3 rings (SSSR count). The molecule has 0 saturated carbocycles. The van der Waals surface area contributed by atoms with Gasteiger partial charge in [0.15, 0.2) is 0 Å². The Kier molecular flexibility index (Phi) is 10.2. The molecule has 1 aromatic heterocycles. The highest BCUT2D eigenvalue weighted by Crippen LogP contribution is 2.31. The maximum atomic E-state index is 13.3. The monoisotopic (exact) mass is 522 g/mol. The molecule has 9 nitrogen and oxygen atoms in total. The number of aromatic hydroxyl groups is 1. The number of aryl methyl sites for hydroxylation is 1. The smallest absolute Gasteiger partial charge is 0.307 e. The first kappa shape index (κ1) is 28.1. The summed E-state index contributed by atoms with van der Waals surface area (Å²) < 4.78 is 18.1. The lowest BCUT2D eigenvalue weighted by Gasteiger charge is -2.19. The number of ether oxygens (including phenoxy) is 1. The van der Waals surface area contributed by atoms with E-state index in [1.54, 1.807) is 30.5 Å². The molecule has 2 aromatic carbocycles. The topological polar surface area (TPSA) is 130 Å². The van der Waals surface area contributed by atoms with Crippen molar-refractivity contribution in [2.75, 3.05) is 25.5 Å². The van der Waals surface area contributed by atoms with Crippen LogP contribution in [0.5, 0.6) is 5.75 Å². The molecule has 1 unspecified atom stereocenters. The minimum Gasteiger partial charge on any atom is -0.507 e. The zero-order valence-corrected chi connectivity index (χ0v) is 21.3. The van der Waals surface area contributed by atoms with Crippen LogP contribution in [0, 0.1) is 12.7 Å². The average Bonchev–Trinajstić information content (AvgIpc) is 2.90. The van der Waals surface area contributed by atoms with Crippen LogP contribution >= 0.6 is 0 Å². The standard InChI is InChI=1S/C28H31FN4O5/c1-18-11-13-31-25(14-18)30-12-3-4-26(35)32-17-27(36)33-23(16-28(37)38-2)20-7-5-19(6-8-20)22-10-9-21(29)15-24(22)34/h5-11,13-15,23,34H,3-4,12,16-17H2,1-2H3,(H,30,31)(H,32,35)(H,33,36). The summed E-state index contributed by atoms with van der Waals surface area (Å²) in [6.45, 7) is 2.28. The molecule has 0 aliphatic heterocycles. The second-order valence-corrected chi connectivity index (χ2v) is 8.71. The van der Waals surface area contributed by atoms with Crippen molar-refractivity contribution >= 4 is 23.6 Å². The highest BCUT2D eigenvalue weighted by Gasteiger charge is 2.20. The number of hydrogen-bond acceptors (Lipinski definition) is 7. The van der Waals surface area contributed by atoms with E-state index in [9.17, 15) is 23.9 Å². The fraction of sp³-hybridized carbons (Fsp3) is 0.286. The minimum absolute atomic E-state index is 0.115. The summed E-state index contributed by atoms with van der Waals surface area (Å²) >= 11 is 0. The summed E-state index contributed by atoms with van der Waals surface area (Å²) in [5.74, 6) is -1.26. The molecule has 0 aliphatic carbocycles. The zero-order chi connectivity index (χ0) is 27.5. The summed E-state index contributed by atoms with van der Waals surface area (Å²) in [4.78, 5) is 40.9. The van der Waals surface area contributed by atoms with E-state index in [1.807, 2.05) is 19.1 Å². The first-order valence-corrected chi connectivity index (χ1v) is 12.1. The normalized spacial score (nSPS) is 11.3. The number of carbonyl (C=O) groups excluding carboxylic acids is 3. The number of halogens is 1. The second kappa shape index (κ2) is 13.7. The molecule has 0 spiro atoms. The largest absolute Gasteiger partial charge is 0.507 e. The van der Waals surface area contributed by atoms with Gasteiger partial charge in [-0.15, -0.1) is 0 Å². The Labute approximate surface area is 220 Å². The summed E-state index contributed by atoms with van der Waals surface area (Å²) in [5, 5.41) is 18.5. The number of nitrogens with zero attached hydrogens (tertiary/aromatic N) is 1. The van der Waals surface area contributed by atoms with E-state index in [2.05, 4.69) is 20.9 Å². The van der Waals surface area contributed by atoms with E-state index in [-0.39, 0.29) is 31.0 Å². The molecule has 38 heavy (non-hydrogen) atoms. The van der Waals surface area contributed by atoms with E-state index in [0.717, 1.165) is 17.4 Å². The van der Waals surface area contributed by atoms with E-state index in [0.29, 0.717) is 29.7 Å². The Morgan fingerprint density at radius 3 is 2.50 bits per heavy atom. The molecule has 1 heterocycles. The third-order valence-electron chi connectivity index (χ3n) is 5.77. The number of aromatic nitrogens is 1. The van der Waals surface area contributed by atoms with Crippen LogP contribution in [0.3, 0.4) is 0 Å². The van der Waals surface area contributed by atoms with Crippen LogP contribution in [0.1, 0.15) is 36.4 Å². The number of nitrogens with one attached hydrogen (secondary N) is 3. The molecule has 4 N–H and O–H groups in total. The summed E-state index contributed by atoms with van der Waals surface area (Å²) in [6, 6.07) is 13.6. The van der Waals surface area contributed by atoms with Crippen LogP contribution in [0.2, 0.25) is 0 Å². The van der Waals surface area contributed by atoms with E-state index >= 15 is 0 Å². The number of carbonyl (C=O) groups is 3. The molecule has 200 valence electrons. The van der Waals surface area contributed by atoms with Crippen molar-refractivity contribution in [3.05, 3.63) is 77.7 Å². The zero-order valence-electron chi connectivity index (χ0n) is 21.3. The van der Waals surface area contributed by atoms with Crippen LogP contribution in [-0.4, -0.2) is 48.1 Å². The average molecular weight is 523 g/mol. The third-order valence-corrected chi connectivity index (χ3v) is 5.77. The van der Waals surface area contributed by atoms with Crippen LogP contribution in [0.15, 0.2) is 60.8 Å². The van der Waals surface area contributed by atoms with Crippen LogP contribution in [0.25, 0.3) is 11.1 Å². The molecule has 3 aromatic rings. The lowest BCUT2D eigenvalue weighted by molar-refractivity contribution is -0.141. The van der Waals surface area contributed by atoms with Crippen molar-refractivity contribution in [3.63, 3.8) is 0 Å². The Balaban J connectivity index is 1.52. The van der Waals surface area contributed by atoms with Gasteiger partial charge in [-0.1, -0.05) is 24.3 Å². The van der Waals surface area contributed by atoms with Gasteiger partial charge >= 0.3 is 5.97 Å². The molecule has 0 aliphatic rings. The number of anilines is 1. The predicted octanol–water partition coefficient (Wildman–Crippen LogP) is 3.63. The van der Waals surface area contributed by atoms with Gasteiger partial charge in [0.05, 0.1) is 26.1 Å². The highest BCUT2D eigenvalue weighted by atomic mass is 19.1. The maximum Gasteiger partial charge on any atom is 0.307 e. The number of amides is 2. The van der Waals surface area contributed by atoms with Crippen LogP contribution < -0.4 is 16.0 Å². The quantitative estimate of drug-likeness (QED) is 0.211. The lowest BCUT2D eigenvalue weighted by Crippen LogP contribution is -2.39. The third kappa shape index (κ3) is 8.58. The van der Waals surface area contributed by atoms with Gasteiger partial charge in [0.2, 0.25) is 11.8 Å². The molecule has 0 saturated heterocycles. The Morgan fingerprint density at radius 1 is 1.05 bits per heavy atom. The van der Waals surface area contributed by atoms with Crippen molar-refractivity contribution in [3.8, 4) is 16.9 Å². The molecular weight excluding hydrogens is 491 g/mol. The van der Waals surface area contributed by atoms with E-state index < -0.39 is 23.7 Å². The number of benzene rings is 2. The van der Waals surface area contributed by atoms with Crippen molar-refractivity contribution in [1.29, 1.82) is 0 Å². The molecule has 1 atom stereocenters. The van der Waals surface area contributed by atoms with Gasteiger partial charge in [-0.3, -0.25) is 14.4 Å². The maximum absolute atomic E-state index is 13.3. The molecule has 2 amide bonds. The number of methoxy groups -OCH3 is 1. The van der Waals surface area contributed by atoms with Crippen LogP contribution in [-0.2, 0) is 19.1 Å². The first-order valence-electron chi connectivity index (χ1n) is 12.1. The minimum atomic E-state index is -0.700. The van der Waals surface area contributed by atoms with Gasteiger partial charge in [-0.05, 0) is 54.3 Å². The molecule has 10 heteroatoms. The van der Waals surface area contributed by atoms with E-state index in [4.69, 9.17) is 4.74 Å². The number of phenolic OH excluding ortho intramolecular Hbond substituents is 1. The van der Waals surface area contributed by atoms with Gasteiger partial charge in [-0.2, -0.15) is 0 Å². The van der Waals surface area contributed by atoms with Crippen molar-refractivity contribution in [1.82, 2.24) is 15.6 Å². The van der Waals surface area contributed by atoms with E-state index in [1.165, 1.54) is 19.2 Å². The highest BCUT2D eigenvalue weighted by molar-refractivity contribution is 5.85. The fourth-order valence-corrected chi connectivity index (χ4v) is 3.76. The summed E-state index contributed by atoms with van der Waals surface area (Å²) in [6.07, 6.45) is 2.39. The SMILES string of the molecule is COC(=O)CC(NC(=O)CNC(=O)CCCNc1cc(C)ccn1)c1ccc(-c2ccc(F)cc2O)cc1. The number of esters is 1. The Bertz CT molecular complexity index is 1270. The molecule has 0 radical (unpaired) electrons. The Morgan fingerprint density at radius 2 is 1.82 bits per heavy atom. The summed E-state index contributed by atoms with van der Waals surface area (Å²) in [5.41, 5.74) is 2.78. The Hall–Kier alpha value is -4.47. The van der Waals surface area contributed by atoms with Gasteiger partial charge in [0.25, 0.3) is 0 Å². The second-order valence-electron chi connectivity index (χ2n) is 8.71. The molecule has 0 fully saturated rings. The number of pyridine rings is 1. The van der Waals surface area contributed by atoms with Gasteiger partial charge in [0, 0.05) is 30.8 Å². The van der Waals surface area contributed by atoms with Crippen molar-refractivity contribution in [2.24, 2.45) is 0 Å².